The van der Waals surface area contributed by atoms with Gasteiger partial charge < -0.3 is 20.3 Å². The molecule has 1 saturated heterocycles. The number of nitrogens with one attached hydrogen (secondary N) is 2. The van der Waals surface area contributed by atoms with Gasteiger partial charge in [0.25, 0.3) is 0 Å². The van der Waals surface area contributed by atoms with E-state index in [-0.39, 0.29) is 11.1 Å². The van der Waals surface area contributed by atoms with E-state index in [0.717, 1.165) is 37.6 Å². The predicted octanol–water partition coefficient (Wildman–Crippen LogP) is 3.32. The fourth-order valence-electron chi connectivity index (χ4n) is 2.85. The van der Waals surface area contributed by atoms with E-state index in [2.05, 4.69) is 32.7 Å². The molecule has 0 radical (unpaired) electrons. The summed E-state index contributed by atoms with van der Waals surface area (Å²) in [5, 5.41) is 6.33. The predicted molar refractivity (Wildman–Crippen MR) is 105 cm³/mol. The molecule has 0 bridgehead atoms. The van der Waals surface area contributed by atoms with Crippen molar-refractivity contribution in [3.63, 3.8) is 0 Å². The molecule has 1 aromatic carbocycles. The van der Waals surface area contributed by atoms with Gasteiger partial charge in [0.15, 0.2) is 5.15 Å². The van der Waals surface area contributed by atoms with Crippen molar-refractivity contribution in [2.24, 2.45) is 0 Å². The number of anilines is 3. The van der Waals surface area contributed by atoms with E-state index in [1.807, 2.05) is 19.9 Å². The number of halogens is 1. The number of carbonyl (C=O) groups is 1. The molecule has 1 aliphatic heterocycles. The van der Waals surface area contributed by atoms with E-state index in [4.69, 9.17) is 16.3 Å². The molecule has 7 heteroatoms. The van der Waals surface area contributed by atoms with Gasteiger partial charge in [0, 0.05) is 30.7 Å². The zero-order valence-electron chi connectivity index (χ0n) is 15.0. The summed E-state index contributed by atoms with van der Waals surface area (Å²) in [4.78, 5) is 18.7. The fourth-order valence-corrected chi connectivity index (χ4v) is 3.01. The fraction of sp³-hybridized carbons (Fsp3) is 0.368. The van der Waals surface area contributed by atoms with Crippen LogP contribution < -0.4 is 15.5 Å². The van der Waals surface area contributed by atoms with Gasteiger partial charge in [-0.2, -0.15) is 0 Å². The standard InChI is InChI=1S/C19H23ClN4O2/c1-13-12-15(24-8-10-26-11-9-24)5-6-16(13)22-14(2)19(25)23-17-4-3-7-21-18(17)20/h3-7,12,14,22H,8-11H2,1-2H3,(H,23,25). The monoisotopic (exact) mass is 374 g/mol. The van der Waals surface area contributed by atoms with Gasteiger partial charge in [-0.25, -0.2) is 4.98 Å². The first-order valence-electron chi connectivity index (χ1n) is 8.66. The number of pyridine rings is 1. The average molecular weight is 375 g/mol. The Kier molecular flexibility index (Phi) is 5.96. The summed E-state index contributed by atoms with van der Waals surface area (Å²) in [6, 6.07) is 9.26. The maximum absolute atomic E-state index is 12.4. The van der Waals surface area contributed by atoms with Gasteiger partial charge in [-0.1, -0.05) is 11.6 Å². The molecule has 0 spiro atoms. The van der Waals surface area contributed by atoms with Crippen molar-refractivity contribution >= 4 is 34.6 Å². The van der Waals surface area contributed by atoms with Crippen LogP contribution in [-0.2, 0) is 9.53 Å². The summed E-state index contributed by atoms with van der Waals surface area (Å²) < 4.78 is 5.40. The lowest BCUT2D eigenvalue weighted by Gasteiger charge is -2.29. The SMILES string of the molecule is Cc1cc(N2CCOCC2)ccc1NC(C)C(=O)Nc1cccnc1Cl. The molecule has 2 heterocycles. The topological polar surface area (TPSA) is 66.5 Å². The number of nitrogens with zero attached hydrogens (tertiary/aromatic N) is 2. The third kappa shape index (κ3) is 4.45. The van der Waals surface area contributed by atoms with Crippen molar-refractivity contribution in [3.05, 3.63) is 47.2 Å². The van der Waals surface area contributed by atoms with Crippen LogP contribution in [0.1, 0.15) is 12.5 Å². The first kappa shape index (κ1) is 18.5. The second kappa shape index (κ2) is 8.38. The zero-order chi connectivity index (χ0) is 18.5. The molecule has 1 atom stereocenters. The lowest BCUT2D eigenvalue weighted by molar-refractivity contribution is -0.116. The molecule has 1 unspecified atom stereocenters. The highest BCUT2D eigenvalue weighted by Crippen LogP contribution is 2.24. The maximum Gasteiger partial charge on any atom is 0.246 e. The smallest absolute Gasteiger partial charge is 0.246 e. The summed E-state index contributed by atoms with van der Waals surface area (Å²) in [5.41, 5.74) is 3.71. The van der Waals surface area contributed by atoms with Crippen LogP contribution in [0.4, 0.5) is 17.1 Å². The number of morpholine rings is 1. The molecule has 3 rings (SSSR count). The number of benzene rings is 1. The zero-order valence-corrected chi connectivity index (χ0v) is 15.7. The molecular formula is C19H23ClN4O2. The summed E-state index contributed by atoms with van der Waals surface area (Å²) in [6.45, 7) is 7.16. The summed E-state index contributed by atoms with van der Waals surface area (Å²) in [5.74, 6) is -0.170. The molecular weight excluding hydrogens is 352 g/mol. The van der Waals surface area contributed by atoms with Gasteiger partial charge in [-0.3, -0.25) is 4.79 Å². The Balaban J connectivity index is 1.64. The van der Waals surface area contributed by atoms with Crippen LogP contribution in [-0.4, -0.2) is 43.2 Å². The number of carbonyl (C=O) groups excluding carboxylic acids is 1. The Labute approximate surface area is 158 Å². The van der Waals surface area contributed by atoms with Gasteiger partial charge in [-0.15, -0.1) is 0 Å². The molecule has 138 valence electrons. The Morgan fingerprint density at radius 1 is 1.27 bits per heavy atom. The van der Waals surface area contributed by atoms with Crippen LogP contribution in [0.5, 0.6) is 0 Å². The van der Waals surface area contributed by atoms with Crippen molar-refractivity contribution in [3.8, 4) is 0 Å². The number of aromatic nitrogens is 1. The minimum Gasteiger partial charge on any atom is -0.378 e. The van der Waals surface area contributed by atoms with Crippen LogP contribution >= 0.6 is 11.6 Å². The lowest BCUT2D eigenvalue weighted by Crippen LogP contribution is -2.36. The Bertz CT molecular complexity index is 778. The van der Waals surface area contributed by atoms with Gasteiger partial charge in [-0.05, 0) is 49.7 Å². The highest BCUT2D eigenvalue weighted by molar-refractivity contribution is 6.32. The number of rotatable bonds is 5. The summed E-state index contributed by atoms with van der Waals surface area (Å²) >= 11 is 5.99. The van der Waals surface area contributed by atoms with E-state index in [1.165, 1.54) is 5.69 Å². The summed E-state index contributed by atoms with van der Waals surface area (Å²) in [6.07, 6.45) is 1.58. The van der Waals surface area contributed by atoms with Crippen LogP contribution in [0.2, 0.25) is 5.15 Å². The number of hydrogen-bond acceptors (Lipinski definition) is 5. The maximum atomic E-state index is 12.4. The summed E-state index contributed by atoms with van der Waals surface area (Å²) in [7, 11) is 0. The number of ether oxygens (including phenoxy) is 1. The minimum absolute atomic E-state index is 0.170. The van der Waals surface area contributed by atoms with E-state index in [0.29, 0.717) is 5.69 Å². The lowest BCUT2D eigenvalue weighted by atomic mass is 10.1. The minimum atomic E-state index is -0.417. The largest absolute Gasteiger partial charge is 0.378 e. The first-order valence-corrected chi connectivity index (χ1v) is 9.03. The van der Waals surface area contributed by atoms with Crippen molar-refractivity contribution in [2.75, 3.05) is 41.8 Å². The van der Waals surface area contributed by atoms with Crippen LogP contribution in [0.3, 0.4) is 0 Å². The highest BCUT2D eigenvalue weighted by Gasteiger charge is 2.16. The van der Waals surface area contributed by atoms with E-state index in [1.54, 1.807) is 18.3 Å². The molecule has 26 heavy (non-hydrogen) atoms. The molecule has 1 fully saturated rings. The van der Waals surface area contributed by atoms with Crippen molar-refractivity contribution < 1.29 is 9.53 Å². The first-order chi connectivity index (χ1) is 12.5. The normalized spacial score (nSPS) is 15.4. The van der Waals surface area contributed by atoms with Gasteiger partial charge in [0.05, 0.1) is 18.9 Å². The number of aryl methyl sites for hydroxylation is 1. The van der Waals surface area contributed by atoms with Gasteiger partial charge in [0.1, 0.15) is 6.04 Å². The molecule has 0 aliphatic carbocycles. The van der Waals surface area contributed by atoms with Crippen LogP contribution in [0.25, 0.3) is 0 Å². The van der Waals surface area contributed by atoms with E-state index < -0.39 is 6.04 Å². The van der Waals surface area contributed by atoms with Crippen molar-refractivity contribution in [1.82, 2.24) is 4.98 Å². The molecule has 2 aromatic rings. The molecule has 2 N–H and O–H groups in total. The second-order valence-corrected chi connectivity index (χ2v) is 6.65. The number of hydrogen-bond donors (Lipinski definition) is 2. The second-order valence-electron chi connectivity index (χ2n) is 6.30. The van der Waals surface area contributed by atoms with Crippen LogP contribution in [0.15, 0.2) is 36.5 Å². The third-order valence-corrected chi connectivity index (χ3v) is 4.67. The molecule has 0 saturated carbocycles. The average Bonchev–Trinajstić information content (AvgIpc) is 2.66. The highest BCUT2D eigenvalue weighted by atomic mass is 35.5. The Morgan fingerprint density at radius 3 is 2.73 bits per heavy atom. The van der Waals surface area contributed by atoms with Crippen molar-refractivity contribution in [1.29, 1.82) is 0 Å². The van der Waals surface area contributed by atoms with Crippen molar-refractivity contribution in [2.45, 2.75) is 19.9 Å². The van der Waals surface area contributed by atoms with Gasteiger partial charge >= 0.3 is 0 Å². The Hall–Kier alpha value is -2.31. The number of amides is 1. The molecule has 1 aliphatic rings. The molecule has 6 nitrogen and oxygen atoms in total. The Morgan fingerprint density at radius 2 is 2.04 bits per heavy atom. The molecule has 1 amide bonds. The van der Waals surface area contributed by atoms with Gasteiger partial charge in [0.2, 0.25) is 5.91 Å². The van der Waals surface area contributed by atoms with E-state index >= 15 is 0 Å². The van der Waals surface area contributed by atoms with E-state index in [9.17, 15) is 4.79 Å². The third-order valence-electron chi connectivity index (χ3n) is 4.37. The van der Waals surface area contributed by atoms with Crippen LogP contribution in [0, 0.1) is 6.92 Å². The molecule has 1 aromatic heterocycles. The quantitative estimate of drug-likeness (QED) is 0.786.